The average Bonchev–Trinajstić information content (AvgIpc) is 3.19. The summed E-state index contributed by atoms with van der Waals surface area (Å²) in [6.07, 6.45) is 2.06. The molecule has 0 radical (unpaired) electrons. The van der Waals surface area contributed by atoms with Gasteiger partial charge < -0.3 is 9.64 Å². The number of benzene rings is 3. The Morgan fingerprint density at radius 1 is 1.00 bits per heavy atom. The monoisotopic (exact) mass is 421 g/mol. The van der Waals surface area contributed by atoms with Crippen molar-refractivity contribution in [3.8, 4) is 5.75 Å². The summed E-state index contributed by atoms with van der Waals surface area (Å²) >= 11 is 0. The molecular weight excluding hydrogens is 398 g/mol. The smallest absolute Gasteiger partial charge is 0.224 e. The van der Waals surface area contributed by atoms with Gasteiger partial charge in [0.1, 0.15) is 11.9 Å². The number of aromatic amines is 1. The van der Waals surface area contributed by atoms with Crippen molar-refractivity contribution in [3.05, 3.63) is 60.7 Å². The van der Waals surface area contributed by atoms with Gasteiger partial charge in [-0.3, -0.25) is 5.10 Å². The van der Waals surface area contributed by atoms with Gasteiger partial charge in [-0.05, 0) is 49.5 Å². The Balaban J connectivity index is 1.55. The van der Waals surface area contributed by atoms with Crippen LogP contribution in [-0.4, -0.2) is 49.8 Å². The second kappa shape index (κ2) is 7.41. The first-order valence-electron chi connectivity index (χ1n) is 10.1. The van der Waals surface area contributed by atoms with Crippen LogP contribution < -0.4 is 4.74 Å². The fraction of sp³-hybridized carbons (Fsp3) is 0.261. The molecule has 30 heavy (non-hydrogen) atoms. The highest BCUT2D eigenvalue weighted by atomic mass is 32.2. The fourth-order valence-corrected chi connectivity index (χ4v) is 5.65. The molecule has 1 aliphatic rings. The van der Waals surface area contributed by atoms with Crippen LogP contribution in [0.5, 0.6) is 5.75 Å². The van der Waals surface area contributed by atoms with Crippen LogP contribution >= 0.6 is 0 Å². The van der Waals surface area contributed by atoms with E-state index in [2.05, 4.69) is 22.1 Å². The molecule has 5 rings (SSSR count). The van der Waals surface area contributed by atoms with Gasteiger partial charge in [0.05, 0.1) is 10.4 Å². The van der Waals surface area contributed by atoms with Gasteiger partial charge in [0.25, 0.3) is 0 Å². The number of sulfone groups is 1. The standard InChI is InChI=1S/C23H23N3O3S/c1-26-13-11-17(12-14-26)29-18-9-10-21-20(15-18)23(25-24-21)30(27,28)22-8-4-6-16-5-2-3-7-19(16)22/h2-10,15,17H,11-14H2,1H3,(H,24,25). The Morgan fingerprint density at radius 2 is 1.77 bits per heavy atom. The van der Waals surface area contributed by atoms with Crippen molar-refractivity contribution in [1.82, 2.24) is 15.1 Å². The maximum atomic E-state index is 13.5. The minimum atomic E-state index is -3.79. The molecule has 1 fully saturated rings. The van der Waals surface area contributed by atoms with E-state index >= 15 is 0 Å². The maximum absolute atomic E-state index is 13.5. The van der Waals surface area contributed by atoms with E-state index in [1.54, 1.807) is 24.3 Å². The number of fused-ring (bicyclic) bond motifs is 2. The second-order valence-electron chi connectivity index (χ2n) is 7.83. The highest BCUT2D eigenvalue weighted by Crippen LogP contribution is 2.33. The molecule has 2 heterocycles. The molecule has 1 aromatic heterocycles. The van der Waals surface area contributed by atoms with Crippen LogP contribution in [0.15, 0.2) is 70.6 Å². The predicted molar refractivity (Wildman–Crippen MR) is 117 cm³/mol. The van der Waals surface area contributed by atoms with Crippen LogP contribution in [-0.2, 0) is 9.84 Å². The highest BCUT2D eigenvalue weighted by Gasteiger charge is 2.26. The summed E-state index contributed by atoms with van der Waals surface area (Å²) in [5.41, 5.74) is 0.601. The first-order chi connectivity index (χ1) is 14.5. The summed E-state index contributed by atoms with van der Waals surface area (Å²) in [6, 6.07) is 18.3. The minimum absolute atomic E-state index is 0.0997. The van der Waals surface area contributed by atoms with Crippen LogP contribution in [0.3, 0.4) is 0 Å². The van der Waals surface area contributed by atoms with Crippen molar-refractivity contribution in [1.29, 1.82) is 0 Å². The summed E-state index contributed by atoms with van der Waals surface area (Å²) in [4.78, 5) is 2.56. The largest absolute Gasteiger partial charge is 0.490 e. The Morgan fingerprint density at radius 3 is 2.60 bits per heavy atom. The summed E-state index contributed by atoms with van der Waals surface area (Å²) in [6.45, 7) is 2.00. The molecule has 0 amide bonds. The number of rotatable bonds is 4. The van der Waals surface area contributed by atoms with Crippen LogP contribution in [0.1, 0.15) is 12.8 Å². The predicted octanol–water partition coefficient (Wildman–Crippen LogP) is 4.02. The van der Waals surface area contributed by atoms with Gasteiger partial charge in [0.2, 0.25) is 9.84 Å². The van der Waals surface area contributed by atoms with Crippen molar-refractivity contribution in [2.24, 2.45) is 0 Å². The average molecular weight is 422 g/mol. The Bertz CT molecular complexity index is 1320. The van der Waals surface area contributed by atoms with E-state index in [9.17, 15) is 8.42 Å². The highest BCUT2D eigenvalue weighted by molar-refractivity contribution is 7.91. The molecule has 0 aliphatic carbocycles. The minimum Gasteiger partial charge on any atom is -0.490 e. The quantitative estimate of drug-likeness (QED) is 0.539. The van der Waals surface area contributed by atoms with Gasteiger partial charge >= 0.3 is 0 Å². The van der Waals surface area contributed by atoms with Crippen molar-refractivity contribution in [2.75, 3.05) is 20.1 Å². The summed E-state index contributed by atoms with van der Waals surface area (Å²) in [5.74, 6) is 0.674. The van der Waals surface area contributed by atoms with Crippen molar-refractivity contribution in [3.63, 3.8) is 0 Å². The first kappa shape index (κ1) is 19.1. The number of ether oxygens (including phenoxy) is 1. The zero-order valence-corrected chi connectivity index (χ0v) is 17.5. The van der Waals surface area contributed by atoms with Crippen molar-refractivity contribution < 1.29 is 13.2 Å². The number of hydrogen-bond donors (Lipinski definition) is 1. The van der Waals surface area contributed by atoms with Gasteiger partial charge in [-0.25, -0.2) is 8.42 Å². The number of nitrogens with one attached hydrogen (secondary N) is 1. The molecule has 6 nitrogen and oxygen atoms in total. The molecule has 0 bridgehead atoms. The summed E-state index contributed by atoms with van der Waals surface area (Å²) < 4.78 is 33.2. The second-order valence-corrected chi connectivity index (χ2v) is 9.69. The van der Waals surface area contributed by atoms with E-state index in [0.29, 0.717) is 22.0 Å². The number of piperidine rings is 1. The fourth-order valence-electron chi connectivity index (χ4n) is 4.08. The molecule has 154 valence electrons. The molecule has 1 aliphatic heterocycles. The van der Waals surface area contributed by atoms with Gasteiger partial charge in [-0.15, -0.1) is 0 Å². The molecule has 1 saturated heterocycles. The SMILES string of the molecule is CN1CCC(Oc2ccc3n[nH]c(S(=O)(=O)c4cccc5ccccc45)c3c2)CC1. The molecule has 3 aromatic carbocycles. The molecule has 7 heteroatoms. The lowest BCUT2D eigenvalue weighted by Crippen LogP contribution is -2.35. The number of H-pyrrole nitrogens is 1. The third kappa shape index (κ3) is 3.34. The van der Waals surface area contributed by atoms with Gasteiger partial charge in [0.15, 0.2) is 5.03 Å². The number of likely N-dealkylation sites (tertiary alicyclic amines) is 1. The van der Waals surface area contributed by atoms with Crippen LogP contribution in [0.25, 0.3) is 21.7 Å². The normalized spacial score (nSPS) is 16.3. The zero-order chi connectivity index (χ0) is 20.7. The lowest BCUT2D eigenvalue weighted by molar-refractivity contribution is 0.114. The lowest BCUT2D eigenvalue weighted by atomic mass is 10.1. The van der Waals surface area contributed by atoms with Crippen LogP contribution in [0.4, 0.5) is 0 Å². The summed E-state index contributed by atoms with van der Waals surface area (Å²) in [5, 5.41) is 9.20. The third-order valence-electron chi connectivity index (χ3n) is 5.77. The van der Waals surface area contributed by atoms with Crippen molar-refractivity contribution in [2.45, 2.75) is 28.9 Å². The Kier molecular flexibility index (Phi) is 4.72. The van der Waals surface area contributed by atoms with E-state index in [4.69, 9.17) is 4.74 Å². The van der Waals surface area contributed by atoms with E-state index in [1.165, 1.54) is 0 Å². The maximum Gasteiger partial charge on any atom is 0.224 e. The van der Waals surface area contributed by atoms with E-state index in [0.717, 1.165) is 31.3 Å². The Hall–Kier alpha value is -2.90. The van der Waals surface area contributed by atoms with E-state index < -0.39 is 9.84 Å². The molecule has 0 spiro atoms. The zero-order valence-electron chi connectivity index (χ0n) is 16.7. The molecule has 0 atom stereocenters. The molecule has 4 aromatic rings. The third-order valence-corrected chi connectivity index (χ3v) is 7.55. The van der Waals surface area contributed by atoms with Gasteiger partial charge in [0, 0.05) is 23.9 Å². The number of nitrogens with zero attached hydrogens (tertiary/aromatic N) is 2. The number of hydrogen-bond acceptors (Lipinski definition) is 5. The van der Waals surface area contributed by atoms with E-state index in [1.807, 2.05) is 36.4 Å². The summed E-state index contributed by atoms with van der Waals surface area (Å²) in [7, 11) is -1.68. The van der Waals surface area contributed by atoms with E-state index in [-0.39, 0.29) is 16.0 Å². The van der Waals surface area contributed by atoms with Crippen LogP contribution in [0, 0.1) is 0 Å². The number of aromatic nitrogens is 2. The topological polar surface area (TPSA) is 75.3 Å². The molecular formula is C23H23N3O3S. The molecule has 0 saturated carbocycles. The van der Waals surface area contributed by atoms with Gasteiger partial charge in [-0.2, -0.15) is 5.10 Å². The Labute approximate surface area is 175 Å². The van der Waals surface area contributed by atoms with Crippen molar-refractivity contribution >= 4 is 31.5 Å². The molecule has 1 N–H and O–H groups in total. The van der Waals surface area contributed by atoms with Gasteiger partial charge in [-0.1, -0.05) is 36.4 Å². The molecule has 0 unspecified atom stereocenters. The lowest BCUT2D eigenvalue weighted by Gasteiger charge is -2.29. The van der Waals surface area contributed by atoms with Crippen LogP contribution in [0.2, 0.25) is 0 Å². The first-order valence-corrected chi connectivity index (χ1v) is 11.6.